The summed E-state index contributed by atoms with van der Waals surface area (Å²) in [6, 6.07) is 7.78. The van der Waals surface area contributed by atoms with Crippen LogP contribution < -0.4 is 10.6 Å². The Morgan fingerprint density at radius 1 is 1.03 bits per heavy atom. The molecular formula is C23H34N2O5. The van der Waals surface area contributed by atoms with E-state index in [2.05, 4.69) is 10.6 Å². The molecule has 0 heterocycles. The summed E-state index contributed by atoms with van der Waals surface area (Å²) in [5.74, 6) is -0.893. The molecule has 0 bridgehead atoms. The fourth-order valence-corrected chi connectivity index (χ4v) is 3.74. The first-order chi connectivity index (χ1) is 14.2. The molecule has 2 rings (SSSR count). The van der Waals surface area contributed by atoms with Crippen molar-refractivity contribution in [1.82, 2.24) is 10.6 Å². The van der Waals surface area contributed by atoms with Gasteiger partial charge in [0.25, 0.3) is 0 Å². The fraction of sp³-hybridized carbons (Fsp3) is 0.609. The predicted molar refractivity (Wildman–Crippen MR) is 114 cm³/mol. The Labute approximate surface area is 178 Å². The molecule has 2 N–H and O–H groups in total. The Balaban J connectivity index is 2.08. The SMILES string of the molecule is COC(=O)C(NC(=O)[C@@H](NC(=O)OCc1ccccc1)C1CCCCC1)C(C)(C)C. The van der Waals surface area contributed by atoms with Crippen molar-refractivity contribution in [3.8, 4) is 0 Å². The van der Waals surface area contributed by atoms with Gasteiger partial charge in [-0.05, 0) is 29.7 Å². The van der Waals surface area contributed by atoms with Crippen molar-refractivity contribution in [2.75, 3.05) is 7.11 Å². The minimum absolute atomic E-state index is 0.00119. The molecule has 1 aromatic carbocycles. The molecule has 1 fully saturated rings. The first kappa shape index (κ1) is 23.7. The van der Waals surface area contributed by atoms with Gasteiger partial charge >= 0.3 is 12.1 Å². The molecule has 1 aliphatic rings. The van der Waals surface area contributed by atoms with Gasteiger partial charge in [-0.1, -0.05) is 70.4 Å². The summed E-state index contributed by atoms with van der Waals surface area (Å²) in [6.45, 7) is 5.68. The molecular weight excluding hydrogens is 384 g/mol. The summed E-state index contributed by atoms with van der Waals surface area (Å²) < 4.78 is 10.2. The summed E-state index contributed by atoms with van der Waals surface area (Å²) in [7, 11) is 1.30. The monoisotopic (exact) mass is 418 g/mol. The van der Waals surface area contributed by atoms with Crippen molar-refractivity contribution in [2.24, 2.45) is 11.3 Å². The van der Waals surface area contributed by atoms with E-state index in [0.717, 1.165) is 37.7 Å². The molecule has 2 amide bonds. The van der Waals surface area contributed by atoms with E-state index >= 15 is 0 Å². The van der Waals surface area contributed by atoms with E-state index in [4.69, 9.17) is 9.47 Å². The number of hydrogen-bond donors (Lipinski definition) is 2. The van der Waals surface area contributed by atoms with Gasteiger partial charge in [-0.15, -0.1) is 0 Å². The second kappa shape index (κ2) is 11.0. The molecule has 7 nitrogen and oxygen atoms in total. The topological polar surface area (TPSA) is 93.7 Å². The molecule has 0 spiro atoms. The van der Waals surface area contributed by atoms with E-state index in [-0.39, 0.29) is 18.4 Å². The summed E-state index contributed by atoms with van der Waals surface area (Å²) in [6.07, 6.45) is 4.18. The van der Waals surface area contributed by atoms with Crippen LogP contribution in [0.15, 0.2) is 30.3 Å². The highest BCUT2D eigenvalue weighted by atomic mass is 16.5. The van der Waals surface area contributed by atoms with Crippen molar-refractivity contribution in [2.45, 2.75) is 71.6 Å². The minimum Gasteiger partial charge on any atom is -0.467 e. The number of hydrogen-bond acceptors (Lipinski definition) is 5. The highest BCUT2D eigenvalue weighted by Crippen LogP contribution is 2.28. The number of carbonyl (C=O) groups is 3. The molecule has 2 atom stereocenters. The first-order valence-corrected chi connectivity index (χ1v) is 10.6. The van der Waals surface area contributed by atoms with Crippen LogP contribution in [0.25, 0.3) is 0 Å². The van der Waals surface area contributed by atoms with Gasteiger partial charge in [-0.2, -0.15) is 0 Å². The van der Waals surface area contributed by atoms with Gasteiger partial charge in [0, 0.05) is 0 Å². The second-order valence-corrected chi connectivity index (χ2v) is 8.91. The second-order valence-electron chi connectivity index (χ2n) is 8.91. The first-order valence-electron chi connectivity index (χ1n) is 10.6. The molecule has 0 saturated heterocycles. The lowest BCUT2D eigenvalue weighted by atomic mass is 9.82. The van der Waals surface area contributed by atoms with Crippen molar-refractivity contribution in [1.29, 1.82) is 0 Å². The maximum absolute atomic E-state index is 13.1. The largest absolute Gasteiger partial charge is 0.467 e. The molecule has 30 heavy (non-hydrogen) atoms. The highest BCUT2D eigenvalue weighted by molar-refractivity contribution is 5.90. The zero-order chi connectivity index (χ0) is 22.1. The van der Waals surface area contributed by atoms with Crippen LogP contribution in [0.1, 0.15) is 58.4 Å². The van der Waals surface area contributed by atoms with Crippen LogP contribution in [0, 0.1) is 11.3 Å². The predicted octanol–water partition coefficient (Wildman–Crippen LogP) is 3.57. The third kappa shape index (κ3) is 7.04. The smallest absolute Gasteiger partial charge is 0.408 e. The lowest BCUT2D eigenvalue weighted by Gasteiger charge is -2.34. The Hall–Kier alpha value is -2.57. The highest BCUT2D eigenvalue weighted by Gasteiger charge is 2.38. The van der Waals surface area contributed by atoms with Crippen LogP contribution in [0.4, 0.5) is 4.79 Å². The molecule has 166 valence electrons. The zero-order valence-electron chi connectivity index (χ0n) is 18.4. The maximum atomic E-state index is 13.1. The van der Waals surface area contributed by atoms with Crippen molar-refractivity contribution in [3.05, 3.63) is 35.9 Å². The molecule has 1 aromatic rings. The number of ether oxygens (including phenoxy) is 2. The van der Waals surface area contributed by atoms with Gasteiger partial charge in [0.05, 0.1) is 7.11 Å². The van der Waals surface area contributed by atoms with E-state index < -0.39 is 29.6 Å². The van der Waals surface area contributed by atoms with E-state index in [9.17, 15) is 14.4 Å². The lowest BCUT2D eigenvalue weighted by Crippen LogP contribution is -2.58. The average Bonchev–Trinajstić information content (AvgIpc) is 2.74. The molecule has 0 aliphatic heterocycles. The average molecular weight is 419 g/mol. The number of benzene rings is 1. The van der Waals surface area contributed by atoms with Crippen LogP contribution in [-0.4, -0.2) is 37.2 Å². The lowest BCUT2D eigenvalue weighted by molar-refractivity contribution is -0.148. The molecule has 1 unspecified atom stereocenters. The molecule has 1 aliphatic carbocycles. The molecule has 1 saturated carbocycles. The standard InChI is InChI=1S/C23H34N2O5/c1-23(2,3)19(21(27)29-4)25-20(26)18(17-13-9-6-10-14-17)24-22(28)30-15-16-11-7-5-8-12-16/h5,7-8,11-12,17-19H,6,9-10,13-15H2,1-4H3,(H,24,28)(H,25,26)/t18-,19?/m0/s1. The van der Waals surface area contributed by atoms with Crippen molar-refractivity contribution in [3.63, 3.8) is 0 Å². The number of rotatable bonds is 7. The van der Waals surface area contributed by atoms with E-state index in [1.807, 2.05) is 51.1 Å². The third-order valence-electron chi connectivity index (χ3n) is 5.48. The normalized spacial score (nSPS) is 16.8. The van der Waals surface area contributed by atoms with Gasteiger partial charge < -0.3 is 20.1 Å². The van der Waals surface area contributed by atoms with Crippen LogP contribution in [0.3, 0.4) is 0 Å². The van der Waals surface area contributed by atoms with Crippen LogP contribution in [0.2, 0.25) is 0 Å². The molecule has 0 radical (unpaired) electrons. The van der Waals surface area contributed by atoms with Crippen molar-refractivity contribution >= 4 is 18.0 Å². The number of amides is 2. The molecule has 0 aromatic heterocycles. The summed E-state index contributed by atoms with van der Waals surface area (Å²) in [5.41, 5.74) is 0.332. The van der Waals surface area contributed by atoms with Gasteiger partial charge in [0.15, 0.2) is 0 Å². The van der Waals surface area contributed by atoms with Gasteiger partial charge in [-0.3, -0.25) is 4.79 Å². The van der Waals surface area contributed by atoms with Gasteiger partial charge in [-0.25, -0.2) is 9.59 Å². The third-order valence-corrected chi connectivity index (χ3v) is 5.48. The quantitative estimate of drug-likeness (QED) is 0.660. The van der Waals surface area contributed by atoms with Gasteiger partial charge in [0.2, 0.25) is 5.91 Å². The Bertz CT molecular complexity index is 708. The van der Waals surface area contributed by atoms with Crippen molar-refractivity contribution < 1.29 is 23.9 Å². The Kier molecular flexibility index (Phi) is 8.69. The van der Waals surface area contributed by atoms with Gasteiger partial charge in [0.1, 0.15) is 18.7 Å². The van der Waals surface area contributed by atoms with E-state index in [0.29, 0.717) is 0 Å². The zero-order valence-corrected chi connectivity index (χ0v) is 18.4. The number of nitrogens with one attached hydrogen (secondary N) is 2. The number of alkyl carbamates (subject to hydrolysis) is 1. The van der Waals surface area contributed by atoms with Crippen LogP contribution in [-0.2, 0) is 25.7 Å². The fourth-order valence-electron chi connectivity index (χ4n) is 3.74. The van der Waals surface area contributed by atoms with E-state index in [1.165, 1.54) is 7.11 Å². The number of carbonyl (C=O) groups excluding carboxylic acids is 3. The number of esters is 1. The summed E-state index contributed by atoms with van der Waals surface area (Å²) in [5, 5.41) is 5.55. The summed E-state index contributed by atoms with van der Waals surface area (Å²) >= 11 is 0. The maximum Gasteiger partial charge on any atom is 0.408 e. The van der Waals surface area contributed by atoms with Crippen LogP contribution >= 0.6 is 0 Å². The minimum atomic E-state index is -0.816. The Morgan fingerprint density at radius 2 is 1.67 bits per heavy atom. The van der Waals surface area contributed by atoms with E-state index in [1.54, 1.807) is 0 Å². The number of methoxy groups -OCH3 is 1. The Morgan fingerprint density at radius 3 is 2.23 bits per heavy atom. The summed E-state index contributed by atoms with van der Waals surface area (Å²) in [4.78, 5) is 37.8. The molecule has 7 heteroatoms. The van der Waals surface area contributed by atoms with Crippen LogP contribution in [0.5, 0.6) is 0 Å².